The maximum Gasteiger partial charge on any atom is 0.261 e. The van der Waals surface area contributed by atoms with E-state index in [1.54, 1.807) is 12.4 Å². The minimum atomic E-state index is -0.0808. The van der Waals surface area contributed by atoms with Crippen LogP contribution in [0.5, 0.6) is 0 Å². The quantitative estimate of drug-likeness (QED) is 0.787. The summed E-state index contributed by atoms with van der Waals surface area (Å²) in [6.07, 6.45) is 9.56. The molecule has 0 saturated heterocycles. The van der Waals surface area contributed by atoms with Crippen LogP contribution in [0.15, 0.2) is 29.3 Å². The number of aryl methyl sites for hydroxylation is 2. The van der Waals surface area contributed by atoms with E-state index in [0.717, 1.165) is 30.0 Å². The number of nitrogens with zero attached hydrogens (tertiary/aromatic N) is 2. The van der Waals surface area contributed by atoms with E-state index in [4.69, 9.17) is 0 Å². The SMILES string of the molecule is Cc1cccc2c(=O)n(CCC(=O)NCCCC3CCCC3)cnc12. The van der Waals surface area contributed by atoms with E-state index in [0.29, 0.717) is 18.4 Å². The molecule has 0 spiro atoms. The Morgan fingerprint density at radius 2 is 2.12 bits per heavy atom. The van der Waals surface area contributed by atoms with Gasteiger partial charge in [-0.1, -0.05) is 37.8 Å². The number of amides is 1. The van der Waals surface area contributed by atoms with Crippen LogP contribution in [-0.4, -0.2) is 22.0 Å². The predicted octanol–water partition coefficient (Wildman–Crippen LogP) is 3.18. The zero-order chi connectivity index (χ0) is 17.6. The minimum Gasteiger partial charge on any atom is -0.356 e. The summed E-state index contributed by atoms with van der Waals surface area (Å²) < 4.78 is 1.53. The Labute approximate surface area is 148 Å². The van der Waals surface area contributed by atoms with Crippen molar-refractivity contribution in [2.75, 3.05) is 6.54 Å². The van der Waals surface area contributed by atoms with Gasteiger partial charge in [0.25, 0.3) is 5.56 Å². The highest BCUT2D eigenvalue weighted by Gasteiger charge is 2.14. The number of aromatic nitrogens is 2. The van der Waals surface area contributed by atoms with Gasteiger partial charge >= 0.3 is 0 Å². The third-order valence-corrected chi connectivity index (χ3v) is 5.22. The molecule has 0 radical (unpaired) electrons. The second kappa shape index (κ2) is 8.28. The lowest BCUT2D eigenvalue weighted by Gasteiger charge is -2.10. The highest BCUT2D eigenvalue weighted by atomic mass is 16.1. The third-order valence-electron chi connectivity index (χ3n) is 5.22. The number of nitrogens with one attached hydrogen (secondary N) is 1. The van der Waals surface area contributed by atoms with Gasteiger partial charge in [-0.05, 0) is 37.3 Å². The second-order valence-corrected chi connectivity index (χ2v) is 7.11. The van der Waals surface area contributed by atoms with Crippen LogP contribution in [-0.2, 0) is 11.3 Å². The molecule has 1 amide bonds. The maximum absolute atomic E-state index is 12.5. The van der Waals surface area contributed by atoms with Crippen molar-refractivity contribution in [3.05, 3.63) is 40.4 Å². The van der Waals surface area contributed by atoms with Crippen molar-refractivity contribution in [2.45, 2.75) is 58.4 Å². The van der Waals surface area contributed by atoms with E-state index in [-0.39, 0.29) is 11.5 Å². The molecule has 1 heterocycles. The second-order valence-electron chi connectivity index (χ2n) is 7.11. The molecule has 134 valence electrons. The van der Waals surface area contributed by atoms with Crippen LogP contribution in [0.2, 0.25) is 0 Å². The molecule has 3 rings (SSSR count). The zero-order valence-electron chi connectivity index (χ0n) is 15.0. The smallest absolute Gasteiger partial charge is 0.261 e. The summed E-state index contributed by atoms with van der Waals surface area (Å²) in [5, 5.41) is 3.58. The molecular formula is C20H27N3O2. The number of para-hydroxylation sites is 1. The molecular weight excluding hydrogens is 314 g/mol. The van der Waals surface area contributed by atoms with Crippen molar-refractivity contribution in [2.24, 2.45) is 5.92 Å². The van der Waals surface area contributed by atoms with Gasteiger partial charge < -0.3 is 5.32 Å². The number of hydrogen-bond donors (Lipinski definition) is 1. The molecule has 1 aliphatic carbocycles. The first-order valence-corrected chi connectivity index (χ1v) is 9.36. The largest absolute Gasteiger partial charge is 0.356 e. The Balaban J connectivity index is 1.48. The minimum absolute atomic E-state index is 0.00246. The summed E-state index contributed by atoms with van der Waals surface area (Å²) in [5.41, 5.74) is 1.64. The predicted molar refractivity (Wildman–Crippen MR) is 99.6 cm³/mol. The molecule has 0 atom stereocenters. The normalized spacial score (nSPS) is 14.9. The van der Waals surface area contributed by atoms with Gasteiger partial charge in [0.2, 0.25) is 5.91 Å². The number of hydrogen-bond acceptors (Lipinski definition) is 3. The number of carbonyl (C=O) groups excluding carboxylic acids is 1. The average Bonchev–Trinajstić information content (AvgIpc) is 3.12. The van der Waals surface area contributed by atoms with Crippen molar-refractivity contribution < 1.29 is 4.79 Å². The van der Waals surface area contributed by atoms with Gasteiger partial charge in [0.05, 0.1) is 17.2 Å². The van der Waals surface area contributed by atoms with E-state index in [2.05, 4.69) is 10.3 Å². The van der Waals surface area contributed by atoms with Crippen LogP contribution < -0.4 is 10.9 Å². The van der Waals surface area contributed by atoms with Gasteiger partial charge in [-0.2, -0.15) is 0 Å². The highest BCUT2D eigenvalue weighted by Crippen LogP contribution is 2.28. The first-order valence-electron chi connectivity index (χ1n) is 9.36. The van der Waals surface area contributed by atoms with Gasteiger partial charge in [-0.3, -0.25) is 14.2 Å². The van der Waals surface area contributed by atoms with Crippen LogP contribution in [0, 0.1) is 12.8 Å². The fourth-order valence-corrected chi connectivity index (χ4v) is 3.72. The van der Waals surface area contributed by atoms with Gasteiger partial charge in [0, 0.05) is 19.5 Å². The van der Waals surface area contributed by atoms with Crippen molar-refractivity contribution in [3.63, 3.8) is 0 Å². The molecule has 1 aromatic carbocycles. The molecule has 1 fully saturated rings. The van der Waals surface area contributed by atoms with Crippen molar-refractivity contribution in [3.8, 4) is 0 Å². The summed E-state index contributed by atoms with van der Waals surface area (Å²) in [6, 6.07) is 5.59. The Hall–Kier alpha value is -2.17. The first-order chi connectivity index (χ1) is 12.1. The lowest BCUT2D eigenvalue weighted by molar-refractivity contribution is -0.121. The molecule has 1 saturated carbocycles. The van der Waals surface area contributed by atoms with E-state index < -0.39 is 0 Å². The Morgan fingerprint density at radius 1 is 1.32 bits per heavy atom. The Kier molecular flexibility index (Phi) is 5.84. The van der Waals surface area contributed by atoms with Crippen LogP contribution in [0.1, 0.15) is 50.5 Å². The summed E-state index contributed by atoms with van der Waals surface area (Å²) in [7, 11) is 0. The van der Waals surface area contributed by atoms with Crippen LogP contribution in [0.25, 0.3) is 10.9 Å². The zero-order valence-corrected chi connectivity index (χ0v) is 15.0. The molecule has 25 heavy (non-hydrogen) atoms. The highest BCUT2D eigenvalue weighted by molar-refractivity contribution is 5.80. The topological polar surface area (TPSA) is 64.0 Å². The number of carbonyl (C=O) groups is 1. The molecule has 5 nitrogen and oxygen atoms in total. The van der Waals surface area contributed by atoms with Crippen molar-refractivity contribution in [1.82, 2.24) is 14.9 Å². The summed E-state index contributed by atoms with van der Waals surface area (Å²) in [5.74, 6) is 0.866. The van der Waals surface area contributed by atoms with Crippen molar-refractivity contribution >= 4 is 16.8 Å². The fraction of sp³-hybridized carbons (Fsp3) is 0.550. The van der Waals surface area contributed by atoms with E-state index in [1.807, 2.05) is 19.1 Å². The van der Waals surface area contributed by atoms with E-state index in [9.17, 15) is 9.59 Å². The molecule has 0 aliphatic heterocycles. The molecule has 5 heteroatoms. The summed E-state index contributed by atoms with van der Waals surface area (Å²) in [6.45, 7) is 3.04. The first kappa shape index (κ1) is 17.6. The van der Waals surface area contributed by atoms with Gasteiger partial charge in [0.15, 0.2) is 0 Å². The maximum atomic E-state index is 12.5. The lowest BCUT2D eigenvalue weighted by atomic mass is 10.0. The number of rotatable bonds is 7. The fourth-order valence-electron chi connectivity index (χ4n) is 3.72. The summed E-state index contributed by atoms with van der Waals surface area (Å²) >= 11 is 0. The van der Waals surface area contributed by atoms with Crippen LogP contribution in [0.3, 0.4) is 0 Å². The van der Waals surface area contributed by atoms with Crippen molar-refractivity contribution in [1.29, 1.82) is 0 Å². The molecule has 1 aromatic heterocycles. The van der Waals surface area contributed by atoms with E-state index >= 15 is 0 Å². The Morgan fingerprint density at radius 3 is 2.92 bits per heavy atom. The molecule has 1 N–H and O–H groups in total. The van der Waals surface area contributed by atoms with Gasteiger partial charge in [0.1, 0.15) is 0 Å². The van der Waals surface area contributed by atoms with Crippen LogP contribution >= 0.6 is 0 Å². The standard InChI is InChI=1S/C20H27N3O2/c1-15-6-4-10-17-19(15)22-14-23(20(17)25)13-11-18(24)21-12-5-9-16-7-2-3-8-16/h4,6,10,14,16H,2-3,5,7-9,11-13H2,1H3,(H,21,24). The van der Waals surface area contributed by atoms with E-state index in [1.165, 1.54) is 36.7 Å². The monoisotopic (exact) mass is 341 g/mol. The van der Waals surface area contributed by atoms with Gasteiger partial charge in [-0.15, -0.1) is 0 Å². The molecule has 2 aromatic rings. The number of benzene rings is 1. The average molecular weight is 341 g/mol. The molecule has 1 aliphatic rings. The van der Waals surface area contributed by atoms with Crippen LogP contribution in [0.4, 0.5) is 0 Å². The number of fused-ring (bicyclic) bond motifs is 1. The molecule has 0 bridgehead atoms. The molecule has 0 unspecified atom stereocenters. The Bertz CT molecular complexity index is 791. The van der Waals surface area contributed by atoms with Gasteiger partial charge in [-0.25, -0.2) is 4.98 Å². The third kappa shape index (κ3) is 4.47. The lowest BCUT2D eigenvalue weighted by Crippen LogP contribution is -2.28. The summed E-state index contributed by atoms with van der Waals surface area (Å²) in [4.78, 5) is 28.9.